The molecule has 2 rings (SSSR count). The molecule has 106 valence electrons. The molecule has 0 saturated carbocycles. The summed E-state index contributed by atoms with van der Waals surface area (Å²) in [6, 6.07) is 10.3. The van der Waals surface area contributed by atoms with Crippen molar-refractivity contribution in [1.29, 1.82) is 0 Å². The number of benzene rings is 2. The molecule has 0 spiro atoms. The molecule has 0 saturated heterocycles. The lowest BCUT2D eigenvalue weighted by atomic mass is 10.1. The largest absolute Gasteiger partial charge is 0.508 e. The molecule has 0 heterocycles. The Morgan fingerprint density at radius 1 is 1.10 bits per heavy atom. The van der Waals surface area contributed by atoms with E-state index >= 15 is 0 Å². The maximum Gasteiger partial charge on any atom is 0.124 e. The van der Waals surface area contributed by atoms with Gasteiger partial charge in [-0.05, 0) is 49.7 Å². The minimum absolute atomic E-state index is 0.0656. The Balaban J connectivity index is 2.21. The number of methoxy groups -OCH3 is 1. The summed E-state index contributed by atoms with van der Waals surface area (Å²) < 4.78 is 5.07. The van der Waals surface area contributed by atoms with Crippen molar-refractivity contribution in [1.82, 2.24) is 0 Å². The van der Waals surface area contributed by atoms with Crippen molar-refractivity contribution in [3.8, 4) is 17.2 Å². The van der Waals surface area contributed by atoms with Crippen molar-refractivity contribution in [2.45, 2.75) is 19.9 Å². The van der Waals surface area contributed by atoms with E-state index in [1.807, 2.05) is 32.0 Å². The van der Waals surface area contributed by atoms with E-state index in [1.54, 1.807) is 25.3 Å². The number of hydrogen-bond acceptors (Lipinski definition) is 4. The number of phenolic OH excluding ortho intramolecular Hbond substituents is 2. The van der Waals surface area contributed by atoms with Gasteiger partial charge in [-0.2, -0.15) is 0 Å². The second-order valence-corrected chi connectivity index (χ2v) is 4.79. The molecule has 0 bridgehead atoms. The Morgan fingerprint density at radius 2 is 1.85 bits per heavy atom. The Bertz CT molecular complexity index is 611. The molecule has 2 aromatic carbocycles. The number of aryl methyl sites for hydroxylation is 1. The molecule has 20 heavy (non-hydrogen) atoms. The van der Waals surface area contributed by atoms with Gasteiger partial charge in [0.25, 0.3) is 0 Å². The zero-order valence-corrected chi connectivity index (χ0v) is 11.8. The number of phenols is 2. The summed E-state index contributed by atoms with van der Waals surface area (Å²) in [7, 11) is 1.57. The van der Waals surface area contributed by atoms with Gasteiger partial charge in [0.05, 0.1) is 13.2 Å². The molecule has 0 amide bonds. The predicted octanol–water partition coefficient (Wildman–Crippen LogP) is 3.59. The zero-order chi connectivity index (χ0) is 14.7. The van der Waals surface area contributed by atoms with Crippen molar-refractivity contribution < 1.29 is 14.9 Å². The molecule has 4 heteroatoms. The summed E-state index contributed by atoms with van der Waals surface area (Å²) in [5.41, 5.74) is 2.66. The molecule has 0 aromatic heterocycles. The lowest BCUT2D eigenvalue weighted by molar-refractivity contribution is 0.406. The molecule has 0 aliphatic carbocycles. The van der Waals surface area contributed by atoms with Gasteiger partial charge in [-0.3, -0.25) is 0 Å². The molecule has 3 N–H and O–H groups in total. The van der Waals surface area contributed by atoms with Crippen molar-refractivity contribution in [2.24, 2.45) is 0 Å². The first kappa shape index (κ1) is 14.1. The van der Waals surface area contributed by atoms with Crippen molar-refractivity contribution in [3.63, 3.8) is 0 Å². The second-order valence-electron chi connectivity index (χ2n) is 4.79. The van der Waals surface area contributed by atoms with E-state index in [1.165, 1.54) is 0 Å². The van der Waals surface area contributed by atoms with Crippen LogP contribution in [0.5, 0.6) is 17.2 Å². The van der Waals surface area contributed by atoms with Crippen LogP contribution in [-0.2, 0) is 0 Å². The molecular formula is C16H19NO3. The number of nitrogens with one attached hydrogen (secondary N) is 1. The first-order valence-corrected chi connectivity index (χ1v) is 6.44. The predicted molar refractivity (Wildman–Crippen MR) is 79.5 cm³/mol. The van der Waals surface area contributed by atoms with E-state index in [0.717, 1.165) is 16.8 Å². The van der Waals surface area contributed by atoms with E-state index in [0.29, 0.717) is 5.75 Å². The third-order valence-corrected chi connectivity index (χ3v) is 3.29. The lowest BCUT2D eigenvalue weighted by Gasteiger charge is -2.19. The van der Waals surface area contributed by atoms with Crippen LogP contribution in [0.3, 0.4) is 0 Å². The molecule has 0 radical (unpaired) electrons. The Hall–Kier alpha value is -2.36. The molecule has 1 unspecified atom stereocenters. The summed E-state index contributed by atoms with van der Waals surface area (Å²) in [5.74, 6) is 1.06. The number of hydrogen-bond donors (Lipinski definition) is 3. The Kier molecular flexibility index (Phi) is 4.03. The van der Waals surface area contributed by atoms with Gasteiger partial charge >= 0.3 is 0 Å². The highest BCUT2D eigenvalue weighted by Crippen LogP contribution is 2.31. The molecule has 0 aliphatic heterocycles. The molecule has 0 aliphatic rings. The standard InChI is InChI=1S/C16H19NO3/c1-10-8-12(18)4-7-15(10)17-11(2)14-6-5-13(20-3)9-16(14)19/h4-9,11,17-19H,1-3H3. The number of ether oxygens (including phenoxy) is 1. The fourth-order valence-electron chi connectivity index (χ4n) is 2.14. The molecule has 0 fully saturated rings. The monoisotopic (exact) mass is 273 g/mol. The summed E-state index contributed by atoms with van der Waals surface area (Å²) in [5, 5.41) is 22.8. The van der Waals surface area contributed by atoms with Crippen molar-refractivity contribution >= 4 is 5.69 Å². The topological polar surface area (TPSA) is 61.7 Å². The van der Waals surface area contributed by atoms with E-state index in [9.17, 15) is 10.2 Å². The van der Waals surface area contributed by atoms with Gasteiger partial charge in [-0.1, -0.05) is 0 Å². The molecule has 4 nitrogen and oxygen atoms in total. The number of anilines is 1. The van der Waals surface area contributed by atoms with Crippen molar-refractivity contribution in [2.75, 3.05) is 12.4 Å². The first-order chi connectivity index (χ1) is 9.51. The van der Waals surface area contributed by atoms with E-state index in [4.69, 9.17) is 4.74 Å². The highest BCUT2D eigenvalue weighted by Gasteiger charge is 2.12. The third-order valence-electron chi connectivity index (χ3n) is 3.29. The van der Waals surface area contributed by atoms with Crippen LogP contribution < -0.4 is 10.1 Å². The van der Waals surface area contributed by atoms with Gasteiger partial charge < -0.3 is 20.3 Å². The van der Waals surface area contributed by atoms with Crippen LogP contribution in [0, 0.1) is 6.92 Å². The third kappa shape index (κ3) is 2.96. The minimum Gasteiger partial charge on any atom is -0.508 e. The summed E-state index contributed by atoms with van der Waals surface area (Å²) in [6.45, 7) is 3.89. The number of rotatable bonds is 4. The lowest BCUT2D eigenvalue weighted by Crippen LogP contribution is -2.08. The minimum atomic E-state index is -0.0656. The first-order valence-electron chi connectivity index (χ1n) is 6.44. The van der Waals surface area contributed by atoms with Gasteiger partial charge in [-0.25, -0.2) is 0 Å². The van der Waals surface area contributed by atoms with Gasteiger partial charge in [0, 0.05) is 17.3 Å². The average molecular weight is 273 g/mol. The van der Waals surface area contributed by atoms with Crippen LogP contribution in [-0.4, -0.2) is 17.3 Å². The summed E-state index contributed by atoms with van der Waals surface area (Å²) in [6.07, 6.45) is 0. The fourth-order valence-corrected chi connectivity index (χ4v) is 2.14. The molecule has 2 aromatic rings. The maximum atomic E-state index is 10.0. The van der Waals surface area contributed by atoms with Gasteiger partial charge in [-0.15, -0.1) is 0 Å². The Labute approximate surface area is 118 Å². The Morgan fingerprint density at radius 3 is 2.45 bits per heavy atom. The molecular weight excluding hydrogens is 254 g/mol. The summed E-state index contributed by atoms with van der Waals surface area (Å²) in [4.78, 5) is 0. The van der Waals surface area contributed by atoms with Crippen LogP contribution in [0.15, 0.2) is 36.4 Å². The van der Waals surface area contributed by atoms with Gasteiger partial charge in [0.2, 0.25) is 0 Å². The average Bonchev–Trinajstić information content (AvgIpc) is 2.41. The SMILES string of the molecule is COc1ccc(C(C)Nc2ccc(O)cc2C)c(O)c1. The van der Waals surface area contributed by atoms with Crippen LogP contribution in [0.25, 0.3) is 0 Å². The zero-order valence-electron chi connectivity index (χ0n) is 11.8. The van der Waals surface area contributed by atoms with E-state index in [2.05, 4.69) is 5.32 Å². The smallest absolute Gasteiger partial charge is 0.124 e. The van der Waals surface area contributed by atoms with Crippen LogP contribution in [0.2, 0.25) is 0 Å². The number of aromatic hydroxyl groups is 2. The fraction of sp³-hybridized carbons (Fsp3) is 0.250. The normalized spacial score (nSPS) is 11.9. The maximum absolute atomic E-state index is 10.0. The highest BCUT2D eigenvalue weighted by molar-refractivity contribution is 5.55. The quantitative estimate of drug-likeness (QED) is 0.745. The highest BCUT2D eigenvalue weighted by atomic mass is 16.5. The van der Waals surface area contributed by atoms with E-state index in [-0.39, 0.29) is 17.5 Å². The van der Waals surface area contributed by atoms with Crippen LogP contribution in [0.1, 0.15) is 24.1 Å². The summed E-state index contributed by atoms with van der Waals surface area (Å²) >= 11 is 0. The second kappa shape index (κ2) is 5.74. The van der Waals surface area contributed by atoms with Crippen LogP contribution in [0.4, 0.5) is 5.69 Å². The van der Waals surface area contributed by atoms with E-state index < -0.39 is 0 Å². The molecule has 1 atom stereocenters. The van der Waals surface area contributed by atoms with Gasteiger partial charge in [0.15, 0.2) is 0 Å². The van der Waals surface area contributed by atoms with Crippen molar-refractivity contribution in [3.05, 3.63) is 47.5 Å². The van der Waals surface area contributed by atoms with Crippen LogP contribution >= 0.6 is 0 Å². The van der Waals surface area contributed by atoms with Gasteiger partial charge in [0.1, 0.15) is 17.2 Å².